The molecule has 4 heteroatoms. The lowest BCUT2D eigenvalue weighted by Gasteiger charge is -2.31. The van der Waals surface area contributed by atoms with E-state index in [-0.39, 0.29) is 12.0 Å². The molecule has 0 aliphatic carbocycles. The van der Waals surface area contributed by atoms with Crippen LogP contribution in [-0.4, -0.2) is 26.4 Å². The average molecular weight is 237 g/mol. The lowest BCUT2D eigenvalue weighted by Crippen LogP contribution is -2.46. The van der Waals surface area contributed by atoms with Crippen molar-refractivity contribution in [1.82, 2.24) is 5.32 Å². The van der Waals surface area contributed by atoms with Gasteiger partial charge in [-0.2, -0.15) is 0 Å². The van der Waals surface area contributed by atoms with Crippen molar-refractivity contribution in [2.45, 2.75) is 26.2 Å². The van der Waals surface area contributed by atoms with Gasteiger partial charge in [0.15, 0.2) is 6.23 Å². The van der Waals surface area contributed by atoms with Crippen molar-refractivity contribution in [3.05, 3.63) is 35.4 Å². The van der Waals surface area contributed by atoms with Crippen molar-refractivity contribution in [3.8, 4) is 0 Å². The van der Waals surface area contributed by atoms with E-state index in [1.54, 1.807) is 20.3 Å². The van der Waals surface area contributed by atoms with Crippen LogP contribution in [-0.2, 0) is 9.47 Å². The topological polar surface area (TPSA) is 47.6 Å². The van der Waals surface area contributed by atoms with Crippen LogP contribution in [0.2, 0.25) is 0 Å². The molecule has 1 aromatic rings. The summed E-state index contributed by atoms with van der Waals surface area (Å²) in [6.07, 6.45) is -0.665. The van der Waals surface area contributed by atoms with Gasteiger partial charge in [-0.3, -0.25) is 4.79 Å². The first-order chi connectivity index (χ1) is 8.27. The highest BCUT2D eigenvalue weighted by Crippen LogP contribution is 2.28. The molecule has 1 amide bonds. The monoisotopic (exact) mass is 237 g/mol. The Hall–Kier alpha value is -1.39. The summed E-state index contributed by atoms with van der Waals surface area (Å²) in [4.78, 5) is 11.7. The fourth-order valence-electron chi connectivity index (χ4n) is 1.83. The fraction of sp³-hybridized carbons (Fsp3) is 0.462. The predicted molar refractivity (Wildman–Crippen MR) is 65.8 cm³/mol. The second-order valence-electron chi connectivity index (χ2n) is 3.37. The first-order valence-electron chi connectivity index (χ1n) is 5.73. The molecule has 1 aromatic carbocycles. The maximum atomic E-state index is 11.7. The Kier molecular flexibility index (Phi) is 5.12. The zero-order chi connectivity index (χ0) is 12.8. The van der Waals surface area contributed by atoms with Crippen molar-refractivity contribution >= 4 is 5.91 Å². The SMILES string of the molecule is CC.COC1NC(=O)c2ccccc2C1OC. The lowest BCUT2D eigenvalue weighted by atomic mass is 9.97. The van der Waals surface area contributed by atoms with E-state index in [1.165, 1.54) is 0 Å². The van der Waals surface area contributed by atoms with Crippen LogP contribution in [0.1, 0.15) is 35.9 Å². The van der Waals surface area contributed by atoms with Crippen LogP contribution < -0.4 is 5.32 Å². The third kappa shape index (κ3) is 2.65. The van der Waals surface area contributed by atoms with Gasteiger partial charge in [0.25, 0.3) is 5.91 Å². The van der Waals surface area contributed by atoms with E-state index in [0.717, 1.165) is 5.56 Å². The molecule has 0 bridgehead atoms. The molecule has 1 aliphatic heterocycles. The molecule has 0 spiro atoms. The smallest absolute Gasteiger partial charge is 0.253 e. The van der Waals surface area contributed by atoms with Crippen LogP contribution in [0, 0.1) is 0 Å². The third-order valence-corrected chi connectivity index (χ3v) is 2.57. The Bertz CT molecular complexity index is 379. The zero-order valence-electron chi connectivity index (χ0n) is 10.7. The van der Waals surface area contributed by atoms with Gasteiger partial charge in [0.2, 0.25) is 0 Å². The van der Waals surface area contributed by atoms with E-state index in [0.29, 0.717) is 5.56 Å². The second kappa shape index (κ2) is 6.37. The van der Waals surface area contributed by atoms with Gasteiger partial charge in [-0.15, -0.1) is 0 Å². The highest BCUT2D eigenvalue weighted by Gasteiger charge is 2.33. The summed E-state index contributed by atoms with van der Waals surface area (Å²) in [6.45, 7) is 4.00. The van der Waals surface area contributed by atoms with Gasteiger partial charge in [0.05, 0.1) is 0 Å². The van der Waals surface area contributed by atoms with Gasteiger partial charge < -0.3 is 14.8 Å². The van der Waals surface area contributed by atoms with Crippen LogP contribution in [0.3, 0.4) is 0 Å². The molecular weight excluding hydrogens is 218 g/mol. The quantitative estimate of drug-likeness (QED) is 0.857. The van der Waals surface area contributed by atoms with E-state index >= 15 is 0 Å². The van der Waals surface area contributed by atoms with Crippen LogP contribution in [0.5, 0.6) is 0 Å². The minimum atomic E-state index is -0.419. The van der Waals surface area contributed by atoms with Gasteiger partial charge in [0.1, 0.15) is 6.10 Å². The summed E-state index contributed by atoms with van der Waals surface area (Å²) >= 11 is 0. The summed E-state index contributed by atoms with van der Waals surface area (Å²) in [5.41, 5.74) is 1.52. The molecular formula is C13H19NO3. The number of methoxy groups -OCH3 is 2. The number of carbonyl (C=O) groups excluding carboxylic acids is 1. The summed E-state index contributed by atoms with van der Waals surface area (Å²) in [5, 5.41) is 2.74. The molecule has 1 N–H and O–H groups in total. The van der Waals surface area contributed by atoms with Crippen LogP contribution in [0.4, 0.5) is 0 Å². The molecule has 0 saturated heterocycles. The number of carbonyl (C=O) groups is 1. The number of amides is 1. The van der Waals surface area contributed by atoms with Crippen LogP contribution in [0.15, 0.2) is 24.3 Å². The molecule has 1 heterocycles. The number of nitrogens with one attached hydrogen (secondary N) is 1. The number of benzene rings is 1. The lowest BCUT2D eigenvalue weighted by molar-refractivity contribution is -0.0551. The number of fused-ring (bicyclic) bond motifs is 1. The van der Waals surface area contributed by atoms with Crippen molar-refractivity contribution in [3.63, 3.8) is 0 Å². The Balaban J connectivity index is 0.000000686. The summed E-state index contributed by atoms with van der Waals surface area (Å²) < 4.78 is 10.5. The normalized spacial score (nSPS) is 22.0. The maximum absolute atomic E-state index is 11.7. The first-order valence-corrected chi connectivity index (χ1v) is 5.73. The average Bonchev–Trinajstić information content (AvgIpc) is 2.41. The molecule has 1 aliphatic rings. The molecule has 2 unspecified atom stereocenters. The minimum Gasteiger partial charge on any atom is -0.372 e. The molecule has 0 fully saturated rings. The fourth-order valence-corrected chi connectivity index (χ4v) is 1.83. The summed E-state index contributed by atoms with van der Waals surface area (Å²) in [5.74, 6) is -0.120. The number of hydrogen-bond donors (Lipinski definition) is 1. The Morgan fingerprint density at radius 2 is 1.76 bits per heavy atom. The summed E-state index contributed by atoms with van der Waals surface area (Å²) in [7, 11) is 3.15. The first kappa shape index (κ1) is 13.7. The van der Waals surface area contributed by atoms with Gasteiger partial charge in [-0.25, -0.2) is 0 Å². The molecule has 4 nitrogen and oxygen atoms in total. The highest BCUT2D eigenvalue weighted by atomic mass is 16.5. The molecule has 0 radical (unpaired) electrons. The number of ether oxygens (including phenoxy) is 2. The van der Waals surface area contributed by atoms with Crippen molar-refractivity contribution < 1.29 is 14.3 Å². The van der Waals surface area contributed by atoms with E-state index in [4.69, 9.17) is 9.47 Å². The van der Waals surface area contributed by atoms with Crippen LogP contribution >= 0.6 is 0 Å². The van der Waals surface area contributed by atoms with Gasteiger partial charge in [-0.1, -0.05) is 32.0 Å². The van der Waals surface area contributed by atoms with E-state index in [9.17, 15) is 4.79 Å². The number of rotatable bonds is 2. The minimum absolute atomic E-state index is 0.120. The van der Waals surface area contributed by atoms with Crippen molar-refractivity contribution in [1.29, 1.82) is 0 Å². The maximum Gasteiger partial charge on any atom is 0.253 e. The van der Waals surface area contributed by atoms with E-state index < -0.39 is 6.23 Å². The molecule has 17 heavy (non-hydrogen) atoms. The largest absolute Gasteiger partial charge is 0.372 e. The Morgan fingerprint density at radius 3 is 2.35 bits per heavy atom. The molecule has 2 rings (SSSR count). The third-order valence-electron chi connectivity index (χ3n) is 2.57. The Labute approximate surface area is 102 Å². The molecule has 94 valence electrons. The highest BCUT2D eigenvalue weighted by molar-refractivity contribution is 5.97. The Morgan fingerprint density at radius 1 is 1.12 bits per heavy atom. The molecule has 2 atom stereocenters. The molecule has 0 aromatic heterocycles. The van der Waals surface area contributed by atoms with Crippen molar-refractivity contribution in [2.75, 3.05) is 14.2 Å². The van der Waals surface area contributed by atoms with Crippen LogP contribution in [0.25, 0.3) is 0 Å². The van der Waals surface area contributed by atoms with Gasteiger partial charge >= 0.3 is 0 Å². The van der Waals surface area contributed by atoms with Gasteiger partial charge in [-0.05, 0) is 11.6 Å². The number of hydrogen-bond acceptors (Lipinski definition) is 3. The summed E-state index contributed by atoms with van der Waals surface area (Å²) in [6, 6.07) is 7.38. The standard InChI is InChI=1S/C11H13NO3.C2H6/c1-14-9-7-5-3-4-6-8(7)10(13)12-11(9)15-2;1-2/h3-6,9,11H,1-2H3,(H,12,13);1-2H3. The van der Waals surface area contributed by atoms with Gasteiger partial charge in [0, 0.05) is 19.8 Å². The zero-order valence-corrected chi connectivity index (χ0v) is 10.7. The second-order valence-corrected chi connectivity index (χ2v) is 3.37. The molecule has 0 saturated carbocycles. The van der Waals surface area contributed by atoms with E-state index in [2.05, 4.69) is 5.32 Å². The van der Waals surface area contributed by atoms with E-state index in [1.807, 2.05) is 32.0 Å². The predicted octanol–water partition coefficient (Wildman–Crippen LogP) is 2.12. The van der Waals surface area contributed by atoms with Crippen molar-refractivity contribution in [2.24, 2.45) is 0 Å².